The number of nitrogens with zero attached hydrogens (tertiary/aromatic N) is 5. The SMILES string of the molecule is CC(=N)c1cc2c(C)nccc2[nH]c1=O.Cc1nccc2[nH]c(=O)c(C#N)cc12.Cc1nccc2[nH]c(=O)c(C(N)=NO)cc12.II. The van der Waals surface area contributed by atoms with Crippen LogP contribution in [0.5, 0.6) is 0 Å². The van der Waals surface area contributed by atoms with Crippen molar-refractivity contribution < 1.29 is 5.21 Å². The number of nitrogens with two attached hydrogens (primary N) is 1. The highest BCUT2D eigenvalue weighted by Gasteiger charge is 2.09. The second kappa shape index (κ2) is 16.5. The molecule has 7 N–H and O–H groups in total. The van der Waals surface area contributed by atoms with Crippen LogP contribution in [0.25, 0.3) is 32.7 Å². The van der Waals surface area contributed by atoms with Crippen molar-refractivity contribution >= 4 is 81.5 Å². The zero-order valence-electron chi connectivity index (χ0n) is 25.4. The monoisotopic (exact) mass is 858 g/mol. The number of pyridine rings is 6. The maximum Gasteiger partial charge on any atom is 0.266 e. The average molecular weight is 858 g/mol. The highest BCUT2D eigenvalue weighted by Crippen LogP contribution is 2.15. The molecule has 0 aliphatic carbocycles. The number of aromatic nitrogens is 6. The van der Waals surface area contributed by atoms with E-state index in [4.69, 9.17) is 21.6 Å². The van der Waals surface area contributed by atoms with Gasteiger partial charge in [-0.25, -0.2) is 0 Å². The highest BCUT2D eigenvalue weighted by molar-refractivity contribution is 15.0. The number of amidine groups is 1. The Bertz CT molecular complexity index is 2360. The van der Waals surface area contributed by atoms with E-state index in [1.807, 2.05) is 26.8 Å². The van der Waals surface area contributed by atoms with Gasteiger partial charge in [-0.2, -0.15) is 5.26 Å². The summed E-state index contributed by atoms with van der Waals surface area (Å²) < 4.78 is 0. The van der Waals surface area contributed by atoms with Crippen LogP contribution >= 0.6 is 37.2 Å². The Morgan fingerprint density at radius 2 is 1.17 bits per heavy atom. The molecule has 6 heterocycles. The summed E-state index contributed by atoms with van der Waals surface area (Å²) in [7, 11) is 0. The molecule has 0 aliphatic rings. The predicted octanol–water partition coefficient (Wildman–Crippen LogP) is 4.82. The van der Waals surface area contributed by atoms with Crippen molar-refractivity contribution in [2.24, 2.45) is 10.9 Å². The number of nitrogens with one attached hydrogen (secondary N) is 4. The lowest BCUT2D eigenvalue weighted by Crippen LogP contribution is -2.24. The minimum absolute atomic E-state index is 0.119. The smallest absolute Gasteiger partial charge is 0.266 e. The van der Waals surface area contributed by atoms with Gasteiger partial charge in [-0.3, -0.25) is 29.3 Å². The number of oxime groups is 1. The molecule has 6 rings (SSSR count). The molecule has 0 aliphatic heterocycles. The molecule has 0 unspecified atom stereocenters. The van der Waals surface area contributed by atoms with Gasteiger partial charge in [0, 0.05) is 94.8 Å². The van der Waals surface area contributed by atoms with Crippen molar-refractivity contribution in [2.45, 2.75) is 27.7 Å². The predicted molar refractivity (Wildman–Crippen MR) is 199 cm³/mol. The van der Waals surface area contributed by atoms with Crippen molar-refractivity contribution in [3.63, 3.8) is 0 Å². The molecular formula is C31H28I2N10O4. The second-order valence-electron chi connectivity index (χ2n) is 9.83. The normalized spacial score (nSPS) is 10.5. The first-order chi connectivity index (χ1) is 22.4. The van der Waals surface area contributed by atoms with Crippen LogP contribution in [0.4, 0.5) is 0 Å². The first-order valence-corrected chi connectivity index (χ1v) is 19.8. The summed E-state index contributed by atoms with van der Waals surface area (Å²) in [6.45, 7) is 7.13. The van der Waals surface area contributed by atoms with E-state index in [1.165, 1.54) is 0 Å². The number of halogens is 2. The summed E-state index contributed by atoms with van der Waals surface area (Å²) in [6.07, 6.45) is 4.89. The summed E-state index contributed by atoms with van der Waals surface area (Å²) in [5.41, 5.74) is 9.90. The van der Waals surface area contributed by atoms with Crippen LogP contribution in [0.2, 0.25) is 0 Å². The summed E-state index contributed by atoms with van der Waals surface area (Å²) in [5.74, 6) is -0.216. The van der Waals surface area contributed by atoms with E-state index in [2.05, 4.69) is 72.3 Å². The minimum atomic E-state index is -0.395. The Hall–Kier alpha value is -5.03. The summed E-state index contributed by atoms with van der Waals surface area (Å²) in [5, 5.41) is 30.0. The maximum absolute atomic E-state index is 11.6. The number of fused-ring (bicyclic) bond motifs is 3. The minimum Gasteiger partial charge on any atom is -0.409 e. The maximum atomic E-state index is 11.6. The molecule has 0 spiro atoms. The number of hydrogen-bond acceptors (Lipinski definition) is 10. The largest absolute Gasteiger partial charge is 0.409 e. The standard InChI is InChI=1S/C11H11N3O.C10H10N4O2.C10H7N3O.I2/c1-6(12)8-5-9-7(2)13-4-3-10(9)14-11(8)15;1-5-6-4-7(9(11)14-16)10(15)13-8(6)2-3-12-5;1-6-8-4-7(5-11)10(14)13-9(8)2-3-12-6;1-2/h3-5,12H,1-2H3,(H,14,15);2-4,16H,1H3,(H2,11,14)(H,13,15);2-4H,1H3,(H,13,14);. The van der Waals surface area contributed by atoms with Gasteiger partial charge >= 0.3 is 0 Å². The van der Waals surface area contributed by atoms with Crippen molar-refractivity contribution in [3.05, 3.63) is 120 Å². The van der Waals surface area contributed by atoms with E-state index in [1.54, 1.807) is 61.9 Å². The van der Waals surface area contributed by atoms with Crippen molar-refractivity contribution in [1.82, 2.24) is 29.9 Å². The molecule has 0 fully saturated rings. The zero-order valence-corrected chi connectivity index (χ0v) is 29.8. The third-order valence-electron chi connectivity index (χ3n) is 6.82. The number of hydrogen-bond donors (Lipinski definition) is 6. The second-order valence-corrected chi connectivity index (χ2v) is 9.83. The molecule has 0 amide bonds. The van der Waals surface area contributed by atoms with E-state index >= 15 is 0 Å². The molecule has 6 aromatic rings. The van der Waals surface area contributed by atoms with Gasteiger partial charge in [0.2, 0.25) is 0 Å². The van der Waals surface area contributed by atoms with E-state index in [0.717, 1.165) is 38.8 Å². The van der Waals surface area contributed by atoms with Gasteiger partial charge in [0.15, 0.2) is 5.84 Å². The van der Waals surface area contributed by atoms with Gasteiger partial charge in [0.1, 0.15) is 11.6 Å². The first-order valence-electron chi connectivity index (χ1n) is 13.5. The molecule has 0 aromatic carbocycles. The van der Waals surface area contributed by atoms with E-state index in [0.29, 0.717) is 16.6 Å². The van der Waals surface area contributed by atoms with Gasteiger partial charge in [-0.1, -0.05) is 5.16 Å². The highest BCUT2D eigenvalue weighted by atomic mass is 128. The Morgan fingerprint density at radius 1 is 0.787 bits per heavy atom. The van der Waals surface area contributed by atoms with Crippen LogP contribution in [-0.2, 0) is 0 Å². The van der Waals surface area contributed by atoms with Crippen molar-refractivity contribution in [3.8, 4) is 6.07 Å². The molecule has 16 heteroatoms. The van der Waals surface area contributed by atoms with Gasteiger partial charge in [-0.15, -0.1) is 0 Å². The van der Waals surface area contributed by atoms with Crippen LogP contribution in [0, 0.1) is 37.5 Å². The van der Waals surface area contributed by atoms with Gasteiger partial charge in [-0.05, 0) is 64.1 Å². The molecule has 0 radical (unpaired) electrons. The Morgan fingerprint density at radius 3 is 1.57 bits per heavy atom. The van der Waals surface area contributed by atoms with Gasteiger partial charge in [0.05, 0.1) is 27.7 Å². The summed E-state index contributed by atoms with van der Waals surface area (Å²) >= 11 is 4.24. The molecule has 240 valence electrons. The third kappa shape index (κ3) is 8.62. The fraction of sp³-hybridized carbons (Fsp3) is 0.129. The molecule has 0 saturated carbocycles. The van der Waals surface area contributed by atoms with Crippen LogP contribution in [0.3, 0.4) is 0 Å². The number of aryl methyl sites for hydroxylation is 3. The third-order valence-corrected chi connectivity index (χ3v) is 6.82. The zero-order chi connectivity index (χ0) is 34.8. The number of H-pyrrole nitrogens is 3. The van der Waals surface area contributed by atoms with E-state index in [9.17, 15) is 14.4 Å². The van der Waals surface area contributed by atoms with Crippen molar-refractivity contribution in [2.75, 3.05) is 0 Å². The Balaban J connectivity index is 0.000000187. The topological polar surface area (TPSA) is 243 Å². The molecular weight excluding hydrogens is 830 g/mol. The summed E-state index contributed by atoms with van der Waals surface area (Å²) in [4.78, 5) is 54.8. The number of nitriles is 1. The lowest BCUT2D eigenvalue weighted by atomic mass is 10.1. The fourth-order valence-electron chi connectivity index (χ4n) is 4.41. The van der Waals surface area contributed by atoms with E-state index in [-0.39, 0.29) is 33.8 Å². The molecule has 0 bridgehead atoms. The summed E-state index contributed by atoms with van der Waals surface area (Å²) in [6, 6.07) is 11.9. The molecule has 0 saturated heterocycles. The quantitative estimate of drug-likeness (QED) is 0.0459. The molecule has 6 aromatic heterocycles. The lowest BCUT2D eigenvalue weighted by Gasteiger charge is -2.03. The fourth-order valence-corrected chi connectivity index (χ4v) is 4.41. The van der Waals surface area contributed by atoms with Gasteiger partial charge < -0.3 is 31.3 Å². The average Bonchev–Trinajstić information content (AvgIpc) is 3.05. The first kappa shape index (κ1) is 36.4. The van der Waals surface area contributed by atoms with Crippen molar-refractivity contribution in [1.29, 1.82) is 10.7 Å². The van der Waals surface area contributed by atoms with Crippen LogP contribution in [-0.4, -0.2) is 46.7 Å². The van der Waals surface area contributed by atoms with Crippen LogP contribution in [0.1, 0.15) is 40.7 Å². The molecule has 47 heavy (non-hydrogen) atoms. The lowest BCUT2D eigenvalue weighted by molar-refractivity contribution is 0.318. The molecule has 14 nitrogen and oxygen atoms in total. The number of aromatic amines is 3. The van der Waals surface area contributed by atoms with E-state index < -0.39 is 5.56 Å². The molecule has 0 atom stereocenters. The Kier molecular flexibility index (Phi) is 12.8. The Labute approximate surface area is 290 Å². The van der Waals surface area contributed by atoms with Gasteiger partial charge in [0.25, 0.3) is 16.7 Å². The van der Waals surface area contributed by atoms with Crippen LogP contribution in [0.15, 0.2) is 74.5 Å². The number of rotatable bonds is 2. The van der Waals surface area contributed by atoms with Crippen LogP contribution < -0.4 is 22.4 Å².